The molecule has 0 N–H and O–H groups in total. The van der Waals surface area contributed by atoms with Crippen LogP contribution in [0.2, 0.25) is 5.02 Å². The fourth-order valence-corrected chi connectivity index (χ4v) is 4.04. The van der Waals surface area contributed by atoms with Crippen molar-refractivity contribution >= 4 is 17.5 Å². The summed E-state index contributed by atoms with van der Waals surface area (Å²) in [6.07, 6.45) is 6.75. The zero-order chi connectivity index (χ0) is 20.0. The van der Waals surface area contributed by atoms with Gasteiger partial charge in [-0.3, -0.25) is 9.48 Å². The van der Waals surface area contributed by atoms with Crippen molar-refractivity contribution in [2.24, 2.45) is 5.92 Å². The number of carbonyl (C=O) groups excluding carboxylic acids is 1. The van der Waals surface area contributed by atoms with Crippen molar-refractivity contribution in [2.75, 3.05) is 0 Å². The second-order valence-electron chi connectivity index (χ2n) is 8.31. The molecule has 0 bridgehead atoms. The molecule has 1 aromatic carbocycles. The van der Waals surface area contributed by atoms with Crippen LogP contribution in [-0.4, -0.2) is 26.6 Å². The minimum atomic E-state index is 0.00986. The molecule has 6 heteroatoms. The van der Waals surface area contributed by atoms with E-state index in [9.17, 15) is 4.79 Å². The van der Waals surface area contributed by atoms with Crippen LogP contribution in [0.1, 0.15) is 59.5 Å². The molecule has 0 aliphatic heterocycles. The number of nitrogens with zero attached hydrogens (tertiary/aromatic N) is 3. The first-order valence-electron chi connectivity index (χ1n) is 10.2. The van der Waals surface area contributed by atoms with Crippen molar-refractivity contribution in [2.45, 2.75) is 51.2 Å². The van der Waals surface area contributed by atoms with Crippen LogP contribution in [0.5, 0.6) is 0 Å². The molecule has 2 aromatic heterocycles. The van der Waals surface area contributed by atoms with Gasteiger partial charge < -0.3 is 9.32 Å². The Hall–Kier alpha value is -2.53. The van der Waals surface area contributed by atoms with Gasteiger partial charge in [-0.15, -0.1) is 0 Å². The van der Waals surface area contributed by atoms with Crippen LogP contribution in [0, 0.1) is 5.92 Å². The fourth-order valence-electron chi connectivity index (χ4n) is 3.85. The molecule has 5 rings (SSSR count). The van der Waals surface area contributed by atoms with Crippen molar-refractivity contribution in [1.82, 2.24) is 14.7 Å². The highest BCUT2D eigenvalue weighted by Gasteiger charge is 2.38. The number of hydrogen-bond acceptors (Lipinski definition) is 3. The predicted octanol–water partition coefficient (Wildman–Crippen LogP) is 5.11. The van der Waals surface area contributed by atoms with Crippen LogP contribution in [-0.2, 0) is 13.1 Å². The Kier molecular flexibility index (Phi) is 4.70. The lowest BCUT2D eigenvalue weighted by molar-refractivity contribution is 0.0716. The highest BCUT2D eigenvalue weighted by molar-refractivity contribution is 6.31. The number of amides is 1. The van der Waals surface area contributed by atoms with Crippen molar-refractivity contribution in [1.29, 1.82) is 0 Å². The second kappa shape index (κ2) is 7.38. The summed E-state index contributed by atoms with van der Waals surface area (Å²) < 4.78 is 7.80. The molecule has 2 heterocycles. The van der Waals surface area contributed by atoms with Gasteiger partial charge in [-0.25, -0.2) is 0 Å². The molecule has 2 atom stereocenters. The second-order valence-corrected chi connectivity index (χ2v) is 8.71. The first kappa shape index (κ1) is 18.5. The minimum Gasteiger partial charge on any atom is -0.464 e. The summed E-state index contributed by atoms with van der Waals surface area (Å²) in [6, 6.07) is 12.1. The summed E-state index contributed by atoms with van der Waals surface area (Å²) in [7, 11) is 0. The number of carbonyl (C=O) groups is 1. The van der Waals surface area contributed by atoms with Crippen molar-refractivity contribution in [3.63, 3.8) is 0 Å². The van der Waals surface area contributed by atoms with E-state index in [0.29, 0.717) is 41.6 Å². The predicted molar refractivity (Wildman–Crippen MR) is 111 cm³/mol. The molecule has 5 nitrogen and oxygen atoms in total. The van der Waals surface area contributed by atoms with Crippen molar-refractivity contribution in [3.05, 3.63) is 76.5 Å². The van der Waals surface area contributed by atoms with Gasteiger partial charge in [0.1, 0.15) is 11.5 Å². The molecule has 0 saturated heterocycles. The first-order chi connectivity index (χ1) is 14.1. The van der Waals surface area contributed by atoms with Gasteiger partial charge in [0.05, 0.1) is 24.8 Å². The zero-order valence-electron chi connectivity index (χ0n) is 16.4. The van der Waals surface area contributed by atoms with E-state index in [1.165, 1.54) is 6.42 Å². The molecule has 1 amide bonds. The van der Waals surface area contributed by atoms with Crippen LogP contribution in [0.25, 0.3) is 0 Å². The average molecular weight is 410 g/mol. The Labute approximate surface area is 175 Å². The molecule has 0 radical (unpaired) electrons. The minimum absolute atomic E-state index is 0.00986. The molecule has 2 aliphatic carbocycles. The SMILES string of the molecule is CC1CC1c1ccc(CN(C(=O)c2cnn(Cc3ccccc3Cl)c2)C2CC2)o1. The first-order valence-corrected chi connectivity index (χ1v) is 10.6. The van der Waals surface area contributed by atoms with Crippen LogP contribution in [0.4, 0.5) is 0 Å². The van der Waals surface area contributed by atoms with Gasteiger partial charge >= 0.3 is 0 Å². The van der Waals surface area contributed by atoms with Gasteiger partial charge in [0.2, 0.25) is 0 Å². The highest BCUT2D eigenvalue weighted by Crippen LogP contribution is 2.47. The van der Waals surface area contributed by atoms with E-state index in [-0.39, 0.29) is 5.91 Å². The van der Waals surface area contributed by atoms with Gasteiger partial charge in [-0.05, 0) is 48.9 Å². The lowest BCUT2D eigenvalue weighted by Crippen LogP contribution is -2.32. The maximum absolute atomic E-state index is 13.2. The normalized spacial score (nSPS) is 20.6. The maximum atomic E-state index is 13.2. The zero-order valence-corrected chi connectivity index (χ0v) is 17.2. The molecule has 150 valence electrons. The lowest BCUT2D eigenvalue weighted by atomic mass is 10.2. The van der Waals surface area contributed by atoms with Crippen LogP contribution in [0.15, 0.2) is 53.2 Å². The van der Waals surface area contributed by atoms with Gasteiger partial charge in [0.25, 0.3) is 5.91 Å². The van der Waals surface area contributed by atoms with E-state index < -0.39 is 0 Å². The number of furan rings is 1. The third-order valence-electron chi connectivity index (χ3n) is 5.90. The maximum Gasteiger partial charge on any atom is 0.257 e. The van der Waals surface area contributed by atoms with Crippen molar-refractivity contribution in [3.8, 4) is 0 Å². The Bertz CT molecular complexity index is 1040. The number of rotatable bonds is 7. The third kappa shape index (κ3) is 3.97. The molecule has 3 aromatic rings. The van der Waals surface area contributed by atoms with E-state index in [1.54, 1.807) is 17.1 Å². The van der Waals surface area contributed by atoms with Gasteiger partial charge in [-0.1, -0.05) is 36.7 Å². The smallest absolute Gasteiger partial charge is 0.257 e. The van der Waals surface area contributed by atoms with Crippen LogP contribution >= 0.6 is 11.6 Å². The third-order valence-corrected chi connectivity index (χ3v) is 6.27. The molecule has 2 unspecified atom stereocenters. The molecule has 2 saturated carbocycles. The largest absolute Gasteiger partial charge is 0.464 e. The summed E-state index contributed by atoms with van der Waals surface area (Å²) >= 11 is 6.24. The lowest BCUT2D eigenvalue weighted by Gasteiger charge is -2.20. The summed E-state index contributed by atoms with van der Waals surface area (Å²) in [4.78, 5) is 15.1. The van der Waals surface area contributed by atoms with Crippen molar-refractivity contribution < 1.29 is 9.21 Å². The highest BCUT2D eigenvalue weighted by atomic mass is 35.5. The summed E-state index contributed by atoms with van der Waals surface area (Å²) in [5, 5.41) is 5.08. The van der Waals surface area contributed by atoms with Gasteiger partial charge in [0, 0.05) is 23.2 Å². The molecular weight excluding hydrogens is 386 g/mol. The van der Waals surface area contributed by atoms with E-state index in [4.69, 9.17) is 16.0 Å². The summed E-state index contributed by atoms with van der Waals surface area (Å²) in [6.45, 7) is 3.30. The molecule has 0 spiro atoms. The number of halogens is 1. The summed E-state index contributed by atoms with van der Waals surface area (Å²) in [5.41, 5.74) is 1.58. The standard InChI is InChI=1S/C23H24ClN3O2/c1-15-10-20(15)22-9-8-19(29-22)14-27(18-6-7-18)23(28)17-11-25-26(13-17)12-16-4-2-3-5-21(16)24/h2-5,8-9,11,13,15,18,20H,6-7,10,12,14H2,1H3. The monoisotopic (exact) mass is 409 g/mol. The van der Waals surface area contributed by atoms with E-state index in [0.717, 1.165) is 29.9 Å². The van der Waals surface area contributed by atoms with Gasteiger partial charge in [0.15, 0.2) is 0 Å². The molecule has 2 aliphatic rings. The van der Waals surface area contributed by atoms with E-state index in [2.05, 4.69) is 18.1 Å². The molecule has 2 fully saturated rings. The van der Waals surface area contributed by atoms with Crippen LogP contribution in [0.3, 0.4) is 0 Å². The van der Waals surface area contributed by atoms with E-state index >= 15 is 0 Å². The Morgan fingerprint density at radius 1 is 1.28 bits per heavy atom. The topological polar surface area (TPSA) is 51.3 Å². The Morgan fingerprint density at radius 2 is 2.07 bits per heavy atom. The summed E-state index contributed by atoms with van der Waals surface area (Å²) in [5.74, 6) is 3.19. The Balaban J connectivity index is 1.29. The Morgan fingerprint density at radius 3 is 2.79 bits per heavy atom. The average Bonchev–Trinajstić information content (AvgIpc) is 3.58. The fraction of sp³-hybridized carbons (Fsp3) is 0.391. The molecule has 29 heavy (non-hydrogen) atoms. The number of benzene rings is 1. The van der Waals surface area contributed by atoms with Crippen LogP contribution < -0.4 is 0 Å². The van der Waals surface area contributed by atoms with Gasteiger partial charge in [-0.2, -0.15) is 5.10 Å². The quantitative estimate of drug-likeness (QED) is 0.545. The van der Waals surface area contributed by atoms with E-state index in [1.807, 2.05) is 35.2 Å². The number of aromatic nitrogens is 2. The molecular formula is C23H24ClN3O2. The number of hydrogen-bond donors (Lipinski definition) is 0.